The molecule has 0 saturated heterocycles. The number of hydrogen-bond acceptors (Lipinski definition) is 6. The lowest BCUT2D eigenvalue weighted by Crippen LogP contribution is -2.12. The zero-order valence-corrected chi connectivity index (χ0v) is 17.5. The van der Waals surface area contributed by atoms with Crippen molar-refractivity contribution in [1.29, 1.82) is 0 Å². The van der Waals surface area contributed by atoms with E-state index < -0.39 is 12.5 Å². The van der Waals surface area contributed by atoms with Crippen LogP contribution in [0.25, 0.3) is 11.3 Å². The van der Waals surface area contributed by atoms with E-state index in [1.165, 1.54) is 25.3 Å². The number of carbonyl (C=O) groups excluding carboxylic acids is 1. The minimum Gasteiger partial charge on any atom is -0.493 e. The molecule has 1 aromatic heterocycles. The number of methoxy groups -OCH3 is 1. The van der Waals surface area contributed by atoms with Crippen molar-refractivity contribution < 1.29 is 27.8 Å². The van der Waals surface area contributed by atoms with Crippen LogP contribution in [0.4, 0.5) is 13.9 Å². The molecule has 0 bridgehead atoms. The maximum Gasteiger partial charge on any atom is 0.387 e. The summed E-state index contributed by atoms with van der Waals surface area (Å²) in [4.78, 5) is 16.9. The van der Waals surface area contributed by atoms with Crippen LogP contribution in [0.5, 0.6) is 17.2 Å². The molecule has 1 heterocycles. The van der Waals surface area contributed by atoms with Gasteiger partial charge in [0.2, 0.25) is 0 Å². The van der Waals surface area contributed by atoms with Gasteiger partial charge in [0, 0.05) is 16.5 Å². The first kappa shape index (κ1) is 21.8. The van der Waals surface area contributed by atoms with Crippen molar-refractivity contribution in [3.05, 3.63) is 52.4 Å². The Kier molecular flexibility index (Phi) is 7.07. The van der Waals surface area contributed by atoms with E-state index in [1.807, 2.05) is 0 Å². The molecule has 30 heavy (non-hydrogen) atoms. The van der Waals surface area contributed by atoms with E-state index in [1.54, 1.807) is 30.5 Å². The number of thiazole rings is 1. The van der Waals surface area contributed by atoms with E-state index >= 15 is 0 Å². The number of nitrogens with one attached hydrogen (secondary N) is 1. The number of anilines is 1. The molecule has 0 aliphatic heterocycles. The lowest BCUT2D eigenvalue weighted by Gasteiger charge is -2.12. The van der Waals surface area contributed by atoms with Gasteiger partial charge in [-0.25, -0.2) is 4.98 Å². The molecule has 0 aliphatic rings. The van der Waals surface area contributed by atoms with Crippen molar-refractivity contribution >= 4 is 34.0 Å². The molecule has 1 amide bonds. The van der Waals surface area contributed by atoms with Gasteiger partial charge >= 0.3 is 6.61 Å². The van der Waals surface area contributed by atoms with Gasteiger partial charge in [-0.15, -0.1) is 11.3 Å². The molecule has 0 atom stereocenters. The summed E-state index contributed by atoms with van der Waals surface area (Å²) in [5, 5.41) is 4.82. The minimum atomic E-state index is -2.96. The normalized spacial score (nSPS) is 10.7. The number of amides is 1. The molecule has 6 nitrogen and oxygen atoms in total. The third-order valence-electron chi connectivity index (χ3n) is 3.88. The lowest BCUT2D eigenvalue weighted by molar-refractivity contribution is -0.0494. The summed E-state index contributed by atoms with van der Waals surface area (Å²) in [6.45, 7) is -0.760. The largest absolute Gasteiger partial charge is 0.493 e. The SMILES string of the molecule is CCOc1c(Cl)cc(C(=O)Nc2nc(-c3ccccc3OC(F)F)cs2)cc1OC. The molecular weight excluding hydrogens is 438 g/mol. The van der Waals surface area contributed by atoms with Crippen LogP contribution >= 0.6 is 22.9 Å². The van der Waals surface area contributed by atoms with Crippen molar-refractivity contribution in [2.45, 2.75) is 13.5 Å². The van der Waals surface area contributed by atoms with E-state index in [4.69, 9.17) is 21.1 Å². The van der Waals surface area contributed by atoms with Crippen LogP contribution in [0.15, 0.2) is 41.8 Å². The highest BCUT2D eigenvalue weighted by Crippen LogP contribution is 2.37. The first-order valence-corrected chi connectivity index (χ1v) is 10.00. The Labute approximate surface area is 180 Å². The van der Waals surface area contributed by atoms with Gasteiger partial charge in [0.1, 0.15) is 5.75 Å². The molecule has 0 spiro atoms. The standard InChI is InChI=1S/C20H17ClF2N2O4S/c1-3-28-17-13(21)8-11(9-16(17)27-2)18(26)25-20-24-14(10-30-20)12-6-4-5-7-15(12)29-19(22)23/h4-10,19H,3H2,1-2H3,(H,24,25,26). The fourth-order valence-electron chi connectivity index (χ4n) is 2.64. The van der Waals surface area contributed by atoms with Gasteiger partial charge in [-0.1, -0.05) is 23.7 Å². The number of carbonyl (C=O) groups is 1. The maximum absolute atomic E-state index is 12.6. The van der Waals surface area contributed by atoms with Crippen LogP contribution < -0.4 is 19.5 Å². The highest BCUT2D eigenvalue weighted by atomic mass is 35.5. The summed E-state index contributed by atoms with van der Waals surface area (Å²) in [5.74, 6) is 0.216. The third-order valence-corrected chi connectivity index (χ3v) is 4.92. The van der Waals surface area contributed by atoms with Gasteiger partial charge in [-0.3, -0.25) is 10.1 Å². The Hall–Kier alpha value is -2.91. The average molecular weight is 455 g/mol. The minimum absolute atomic E-state index is 0.00120. The maximum atomic E-state index is 12.6. The topological polar surface area (TPSA) is 69.7 Å². The Morgan fingerprint density at radius 2 is 2.03 bits per heavy atom. The van der Waals surface area contributed by atoms with Crippen LogP contribution in [-0.4, -0.2) is 31.2 Å². The molecule has 10 heteroatoms. The lowest BCUT2D eigenvalue weighted by atomic mass is 10.1. The van der Waals surface area contributed by atoms with Gasteiger partial charge in [0.25, 0.3) is 5.91 Å². The van der Waals surface area contributed by atoms with Crippen molar-refractivity contribution in [3.63, 3.8) is 0 Å². The number of nitrogens with zero attached hydrogens (tertiary/aromatic N) is 1. The van der Waals surface area contributed by atoms with Crippen LogP contribution in [-0.2, 0) is 0 Å². The van der Waals surface area contributed by atoms with E-state index in [0.717, 1.165) is 11.3 Å². The quantitative estimate of drug-likeness (QED) is 0.471. The van der Waals surface area contributed by atoms with Gasteiger partial charge in [0.05, 0.1) is 24.4 Å². The number of aromatic nitrogens is 1. The summed E-state index contributed by atoms with van der Waals surface area (Å²) in [7, 11) is 1.45. The number of benzene rings is 2. The van der Waals surface area contributed by atoms with Gasteiger partial charge in [0.15, 0.2) is 16.6 Å². The molecular formula is C20H17ClF2N2O4S. The predicted octanol–water partition coefficient (Wildman–Crippen LogP) is 5.72. The van der Waals surface area contributed by atoms with E-state index in [-0.39, 0.29) is 21.5 Å². The molecule has 0 aliphatic carbocycles. The first-order valence-electron chi connectivity index (χ1n) is 8.74. The Morgan fingerprint density at radius 1 is 1.27 bits per heavy atom. The predicted molar refractivity (Wildman–Crippen MR) is 111 cm³/mol. The Balaban J connectivity index is 1.82. The summed E-state index contributed by atoms with van der Waals surface area (Å²) >= 11 is 7.35. The van der Waals surface area contributed by atoms with Crippen LogP contribution in [0.1, 0.15) is 17.3 Å². The second kappa shape index (κ2) is 9.73. The number of hydrogen-bond donors (Lipinski definition) is 1. The monoisotopic (exact) mass is 454 g/mol. The molecule has 0 saturated carbocycles. The second-order valence-electron chi connectivity index (χ2n) is 5.79. The van der Waals surface area contributed by atoms with Crippen molar-refractivity contribution in [1.82, 2.24) is 4.98 Å². The van der Waals surface area contributed by atoms with Gasteiger partial charge in [-0.2, -0.15) is 8.78 Å². The summed E-state index contributed by atoms with van der Waals surface area (Å²) in [5.41, 5.74) is 1.03. The van der Waals surface area contributed by atoms with Crippen molar-refractivity contribution in [2.75, 3.05) is 19.0 Å². The molecule has 3 aromatic rings. The molecule has 3 rings (SSSR count). The zero-order valence-electron chi connectivity index (χ0n) is 15.9. The fourth-order valence-corrected chi connectivity index (χ4v) is 3.61. The van der Waals surface area contributed by atoms with Crippen LogP contribution in [0, 0.1) is 0 Å². The van der Waals surface area contributed by atoms with E-state index in [2.05, 4.69) is 15.0 Å². The number of rotatable bonds is 8. The highest BCUT2D eigenvalue weighted by Gasteiger charge is 2.18. The average Bonchev–Trinajstić information content (AvgIpc) is 3.17. The molecule has 0 unspecified atom stereocenters. The van der Waals surface area contributed by atoms with Gasteiger partial charge in [-0.05, 0) is 31.2 Å². The number of halogens is 3. The zero-order chi connectivity index (χ0) is 21.7. The smallest absolute Gasteiger partial charge is 0.387 e. The molecule has 158 valence electrons. The molecule has 0 radical (unpaired) electrons. The van der Waals surface area contributed by atoms with E-state index in [9.17, 15) is 13.6 Å². The van der Waals surface area contributed by atoms with Crippen LogP contribution in [0.2, 0.25) is 5.02 Å². The molecule has 0 fully saturated rings. The van der Waals surface area contributed by atoms with E-state index in [0.29, 0.717) is 29.4 Å². The molecule has 1 N–H and O–H groups in total. The number of alkyl halides is 2. The second-order valence-corrected chi connectivity index (χ2v) is 7.05. The number of para-hydroxylation sites is 1. The Bertz CT molecular complexity index is 1050. The van der Waals surface area contributed by atoms with Crippen LogP contribution in [0.3, 0.4) is 0 Å². The Morgan fingerprint density at radius 3 is 2.73 bits per heavy atom. The third kappa shape index (κ3) is 4.98. The first-order chi connectivity index (χ1) is 14.4. The summed E-state index contributed by atoms with van der Waals surface area (Å²) in [6.07, 6.45) is 0. The highest BCUT2D eigenvalue weighted by molar-refractivity contribution is 7.14. The fraction of sp³-hybridized carbons (Fsp3) is 0.200. The van der Waals surface area contributed by atoms with Crippen molar-refractivity contribution in [3.8, 4) is 28.5 Å². The molecule has 2 aromatic carbocycles. The van der Waals surface area contributed by atoms with Gasteiger partial charge < -0.3 is 14.2 Å². The summed E-state index contributed by atoms with van der Waals surface area (Å²) < 4.78 is 40.5. The van der Waals surface area contributed by atoms with Crippen molar-refractivity contribution in [2.24, 2.45) is 0 Å². The summed E-state index contributed by atoms with van der Waals surface area (Å²) in [6, 6.07) is 9.26. The number of ether oxygens (including phenoxy) is 3.